The third kappa shape index (κ3) is 3.27. The van der Waals surface area contributed by atoms with Gasteiger partial charge in [-0.25, -0.2) is 8.42 Å². The number of anilines is 1. The summed E-state index contributed by atoms with van der Waals surface area (Å²) in [5, 5.41) is 0. The van der Waals surface area contributed by atoms with Crippen LogP contribution in [-0.2, 0) is 10.0 Å². The zero-order valence-corrected chi connectivity index (χ0v) is 13.9. The average Bonchev–Trinajstić information content (AvgIpc) is 2.37. The van der Waals surface area contributed by atoms with Crippen LogP contribution in [0.15, 0.2) is 35.2 Å². The van der Waals surface area contributed by atoms with E-state index in [0.717, 1.165) is 27.8 Å². The highest BCUT2D eigenvalue weighted by atomic mass is 32.2. The molecule has 112 valence electrons. The van der Waals surface area contributed by atoms with Gasteiger partial charge in [0.15, 0.2) is 0 Å². The van der Waals surface area contributed by atoms with E-state index in [2.05, 4.69) is 4.72 Å². The molecule has 0 fully saturated rings. The molecule has 4 heteroatoms. The zero-order chi connectivity index (χ0) is 15.8. The van der Waals surface area contributed by atoms with Gasteiger partial charge in [-0.3, -0.25) is 4.72 Å². The molecule has 0 saturated heterocycles. The second-order valence-electron chi connectivity index (χ2n) is 5.63. The summed E-state index contributed by atoms with van der Waals surface area (Å²) in [6.07, 6.45) is 0. The van der Waals surface area contributed by atoms with Gasteiger partial charge in [-0.05, 0) is 69.0 Å². The second-order valence-corrected chi connectivity index (χ2v) is 7.28. The summed E-state index contributed by atoms with van der Waals surface area (Å²) < 4.78 is 27.9. The Balaban J connectivity index is 2.46. The minimum atomic E-state index is -3.57. The molecule has 0 amide bonds. The predicted octanol–water partition coefficient (Wildman–Crippen LogP) is 4.03. The Morgan fingerprint density at radius 3 is 2.00 bits per heavy atom. The van der Waals surface area contributed by atoms with E-state index in [-0.39, 0.29) is 0 Å². The standard InChI is InChI=1S/C17H21NO2S/c1-11-6-7-16(14(4)8-11)18-21(19,20)17-10-13(3)12(2)9-15(17)5/h6-10,18H,1-5H3. The fourth-order valence-corrected chi connectivity index (χ4v) is 3.79. The molecule has 0 aliphatic carbocycles. The van der Waals surface area contributed by atoms with Crippen molar-refractivity contribution in [1.82, 2.24) is 0 Å². The van der Waals surface area contributed by atoms with Gasteiger partial charge in [0.1, 0.15) is 0 Å². The Hall–Kier alpha value is -1.81. The van der Waals surface area contributed by atoms with Crippen LogP contribution >= 0.6 is 0 Å². The highest BCUT2D eigenvalue weighted by Crippen LogP contribution is 2.24. The summed E-state index contributed by atoms with van der Waals surface area (Å²) in [5.41, 5.74) is 5.48. The number of aryl methyl sites for hydroxylation is 5. The van der Waals surface area contributed by atoms with Crippen LogP contribution in [-0.4, -0.2) is 8.42 Å². The minimum Gasteiger partial charge on any atom is -0.279 e. The van der Waals surface area contributed by atoms with E-state index in [1.807, 2.05) is 52.8 Å². The third-order valence-corrected chi connectivity index (χ3v) is 5.21. The molecule has 0 aliphatic heterocycles. The third-order valence-electron chi connectivity index (χ3n) is 3.71. The average molecular weight is 303 g/mol. The molecule has 0 aromatic heterocycles. The van der Waals surface area contributed by atoms with Crippen molar-refractivity contribution >= 4 is 15.7 Å². The number of sulfonamides is 1. The first-order chi connectivity index (χ1) is 9.70. The van der Waals surface area contributed by atoms with Gasteiger partial charge in [0.25, 0.3) is 10.0 Å². The summed E-state index contributed by atoms with van der Waals surface area (Å²) >= 11 is 0. The molecular weight excluding hydrogens is 282 g/mol. The summed E-state index contributed by atoms with van der Waals surface area (Å²) in [5.74, 6) is 0. The Labute approximate surface area is 127 Å². The van der Waals surface area contributed by atoms with Gasteiger partial charge in [-0.15, -0.1) is 0 Å². The van der Waals surface area contributed by atoms with E-state index >= 15 is 0 Å². The molecule has 1 N–H and O–H groups in total. The smallest absolute Gasteiger partial charge is 0.262 e. The Morgan fingerprint density at radius 1 is 0.762 bits per heavy atom. The van der Waals surface area contributed by atoms with E-state index in [1.54, 1.807) is 12.1 Å². The lowest BCUT2D eigenvalue weighted by Crippen LogP contribution is -2.15. The van der Waals surface area contributed by atoms with Crippen molar-refractivity contribution in [3.63, 3.8) is 0 Å². The molecule has 0 heterocycles. The SMILES string of the molecule is Cc1ccc(NS(=O)(=O)c2cc(C)c(C)cc2C)c(C)c1. The molecule has 2 aromatic carbocycles. The summed E-state index contributed by atoms with van der Waals surface area (Å²) in [4.78, 5) is 0.338. The van der Waals surface area contributed by atoms with Crippen LogP contribution in [0, 0.1) is 34.6 Å². The number of hydrogen-bond acceptors (Lipinski definition) is 2. The second kappa shape index (κ2) is 5.53. The largest absolute Gasteiger partial charge is 0.279 e. The fraction of sp³-hybridized carbons (Fsp3) is 0.294. The molecule has 21 heavy (non-hydrogen) atoms. The maximum Gasteiger partial charge on any atom is 0.262 e. The highest BCUT2D eigenvalue weighted by Gasteiger charge is 2.18. The predicted molar refractivity (Wildman–Crippen MR) is 87.4 cm³/mol. The van der Waals surface area contributed by atoms with Crippen molar-refractivity contribution in [2.45, 2.75) is 39.5 Å². The topological polar surface area (TPSA) is 46.2 Å². The van der Waals surface area contributed by atoms with Gasteiger partial charge >= 0.3 is 0 Å². The van der Waals surface area contributed by atoms with Crippen molar-refractivity contribution in [1.29, 1.82) is 0 Å². The number of hydrogen-bond donors (Lipinski definition) is 1. The van der Waals surface area contributed by atoms with Gasteiger partial charge in [0.2, 0.25) is 0 Å². The van der Waals surface area contributed by atoms with E-state index in [9.17, 15) is 8.42 Å². The van der Waals surface area contributed by atoms with E-state index < -0.39 is 10.0 Å². The van der Waals surface area contributed by atoms with Crippen molar-refractivity contribution in [2.75, 3.05) is 4.72 Å². The van der Waals surface area contributed by atoms with Gasteiger partial charge in [0.05, 0.1) is 10.6 Å². The first-order valence-electron chi connectivity index (χ1n) is 6.88. The maximum absolute atomic E-state index is 12.6. The first kappa shape index (κ1) is 15.6. The molecule has 2 aromatic rings. The summed E-state index contributed by atoms with van der Waals surface area (Å²) in [6, 6.07) is 9.31. The Kier molecular flexibility index (Phi) is 4.10. The Bertz CT molecular complexity index is 793. The lowest BCUT2D eigenvalue weighted by atomic mass is 10.1. The van der Waals surface area contributed by atoms with Crippen LogP contribution in [0.3, 0.4) is 0 Å². The van der Waals surface area contributed by atoms with Crippen LogP contribution in [0.2, 0.25) is 0 Å². The lowest BCUT2D eigenvalue weighted by Gasteiger charge is -2.14. The fourth-order valence-electron chi connectivity index (χ4n) is 2.35. The Morgan fingerprint density at radius 2 is 1.38 bits per heavy atom. The monoisotopic (exact) mass is 303 g/mol. The van der Waals surface area contributed by atoms with E-state index in [1.165, 1.54) is 0 Å². The first-order valence-corrected chi connectivity index (χ1v) is 8.37. The van der Waals surface area contributed by atoms with Crippen LogP contribution in [0.1, 0.15) is 27.8 Å². The molecule has 3 nitrogen and oxygen atoms in total. The van der Waals surface area contributed by atoms with Crippen LogP contribution in [0.5, 0.6) is 0 Å². The van der Waals surface area contributed by atoms with Crippen molar-refractivity contribution in [3.8, 4) is 0 Å². The molecule has 0 spiro atoms. The quantitative estimate of drug-likeness (QED) is 0.930. The zero-order valence-electron chi connectivity index (χ0n) is 13.1. The molecule has 0 saturated carbocycles. The highest BCUT2D eigenvalue weighted by molar-refractivity contribution is 7.92. The molecule has 0 bridgehead atoms. The van der Waals surface area contributed by atoms with Crippen molar-refractivity contribution < 1.29 is 8.42 Å². The normalized spacial score (nSPS) is 11.5. The number of nitrogens with one attached hydrogen (secondary N) is 1. The van der Waals surface area contributed by atoms with Gasteiger partial charge in [-0.1, -0.05) is 23.8 Å². The number of rotatable bonds is 3. The van der Waals surface area contributed by atoms with Gasteiger partial charge in [-0.2, -0.15) is 0 Å². The van der Waals surface area contributed by atoms with E-state index in [4.69, 9.17) is 0 Å². The van der Waals surface area contributed by atoms with E-state index in [0.29, 0.717) is 10.6 Å². The molecule has 2 rings (SSSR count). The minimum absolute atomic E-state index is 0.338. The van der Waals surface area contributed by atoms with Crippen molar-refractivity contribution in [3.05, 3.63) is 58.1 Å². The summed E-state index contributed by atoms with van der Waals surface area (Å²) in [7, 11) is -3.57. The van der Waals surface area contributed by atoms with Gasteiger partial charge < -0.3 is 0 Å². The lowest BCUT2D eigenvalue weighted by molar-refractivity contribution is 0.600. The molecule has 0 unspecified atom stereocenters. The van der Waals surface area contributed by atoms with Gasteiger partial charge in [0, 0.05) is 0 Å². The van der Waals surface area contributed by atoms with Crippen LogP contribution < -0.4 is 4.72 Å². The van der Waals surface area contributed by atoms with Crippen LogP contribution in [0.4, 0.5) is 5.69 Å². The molecule has 0 aliphatic rings. The number of benzene rings is 2. The molecular formula is C17H21NO2S. The van der Waals surface area contributed by atoms with Crippen LogP contribution in [0.25, 0.3) is 0 Å². The maximum atomic E-state index is 12.6. The van der Waals surface area contributed by atoms with Crippen molar-refractivity contribution in [2.24, 2.45) is 0 Å². The molecule has 0 radical (unpaired) electrons. The molecule has 0 atom stereocenters. The summed E-state index contributed by atoms with van der Waals surface area (Å²) in [6.45, 7) is 9.61.